The molecule has 0 radical (unpaired) electrons. The van der Waals surface area contributed by atoms with Gasteiger partial charge in [0, 0.05) is 13.1 Å². The van der Waals surface area contributed by atoms with Gasteiger partial charge in [0.1, 0.15) is 6.61 Å². The lowest BCUT2D eigenvalue weighted by atomic mass is 10.2. The van der Waals surface area contributed by atoms with Crippen LogP contribution in [0.1, 0.15) is 18.1 Å². The van der Waals surface area contributed by atoms with Gasteiger partial charge in [-0.3, -0.25) is 0 Å². The Balaban J connectivity index is 0.00000544. The van der Waals surface area contributed by atoms with Crippen molar-refractivity contribution in [3.05, 3.63) is 41.5 Å². The number of aliphatic hydroxyl groups is 1. The van der Waals surface area contributed by atoms with Crippen LogP contribution in [0.3, 0.4) is 0 Å². The molecule has 0 fully saturated rings. The molecule has 0 aliphatic heterocycles. The normalized spacial score (nSPS) is 10.7. The molecule has 0 saturated carbocycles. The number of ether oxygens (including phenoxy) is 5. The van der Waals surface area contributed by atoms with Gasteiger partial charge in [0.05, 0.1) is 41.6 Å². The minimum atomic E-state index is -0.0546. The second kappa shape index (κ2) is 15.3. The van der Waals surface area contributed by atoms with Crippen molar-refractivity contribution in [2.75, 3.05) is 48.2 Å². The van der Waals surface area contributed by atoms with Gasteiger partial charge >= 0.3 is 0 Å². The summed E-state index contributed by atoms with van der Waals surface area (Å²) in [6.45, 7) is 3.85. The maximum atomic E-state index is 8.94. The molecule has 10 heteroatoms. The Bertz CT molecular complexity index is 869. The van der Waals surface area contributed by atoms with Crippen molar-refractivity contribution in [3.8, 4) is 28.7 Å². The van der Waals surface area contributed by atoms with Crippen molar-refractivity contribution in [1.82, 2.24) is 10.6 Å². The van der Waals surface area contributed by atoms with Crippen molar-refractivity contribution < 1.29 is 28.8 Å². The van der Waals surface area contributed by atoms with E-state index in [9.17, 15) is 0 Å². The van der Waals surface area contributed by atoms with Gasteiger partial charge in [0.25, 0.3) is 0 Å². The molecule has 9 nitrogen and oxygen atoms in total. The predicted molar refractivity (Wildman–Crippen MR) is 139 cm³/mol. The summed E-state index contributed by atoms with van der Waals surface area (Å²) in [5.74, 6) is 3.59. The Morgan fingerprint density at radius 3 is 2.03 bits per heavy atom. The van der Waals surface area contributed by atoms with E-state index in [0.29, 0.717) is 47.8 Å². The predicted octanol–water partition coefficient (Wildman–Crippen LogP) is 2.97. The standard InChI is InChI=1S/C23H33N3O6.HI/c1-6-24-23(25-14-16-7-8-18(32-10-9-27)19(11-16)28-2)26-15-17-12-20(29-3)22(31-5)21(13-17)30-4;/h7-8,11-13,27H,6,9-10,14-15H2,1-5H3,(H2,24,25,26);1H. The number of hydrogen-bond acceptors (Lipinski definition) is 7. The maximum absolute atomic E-state index is 8.94. The number of hydrogen-bond donors (Lipinski definition) is 3. The summed E-state index contributed by atoms with van der Waals surface area (Å²) in [5, 5.41) is 15.5. The molecule has 3 N–H and O–H groups in total. The summed E-state index contributed by atoms with van der Waals surface area (Å²) in [6, 6.07) is 9.41. The van der Waals surface area contributed by atoms with Crippen molar-refractivity contribution in [3.63, 3.8) is 0 Å². The number of rotatable bonds is 12. The monoisotopic (exact) mass is 575 g/mol. The lowest BCUT2D eigenvalue weighted by Crippen LogP contribution is -2.36. The number of aliphatic hydroxyl groups excluding tert-OH is 1. The molecular weight excluding hydrogens is 541 g/mol. The van der Waals surface area contributed by atoms with Crippen LogP contribution in [0.5, 0.6) is 28.7 Å². The summed E-state index contributed by atoms with van der Waals surface area (Å²) in [7, 11) is 6.34. The van der Waals surface area contributed by atoms with Gasteiger partial charge in [-0.05, 0) is 42.3 Å². The average Bonchev–Trinajstić information content (AvgIpc) is 2.83. The fraction of sp³-hybridized carbons (Fsp3) is 0.435. The van der Waals surface area contributed by atoms with Crippen molar-refractivity contribution in [1.29, 1.82) is 0 Å². The van der Waals surface area contributed by atoms with E-state index in [1.54, 1.807) is 28.4 Å². The van der Waals surface area contributed by atoms with Gasteiger partial charge in [-0.15, -0.1) is 24.0 Å². The van der Waals surface area contributed by atoms with Gasteiger partial charge in [-0.25, -0.2) is 4.99 Å². The van der Waals surface area contributed by atoms with E-state index >= 15 is 0 Å². The van der Waals surface area contributed by atoms with Crippen LogP contribution in [0.25, 0.3) is 0 Å². The van der Waals surface area contributed by atoms with E-state index in [4.69, 9.17) is 28.8 Å². The minimum absolute atomic E-state index is 0. The molecule has 2 aromatic carbocycles. The Labute approximate surface area is 212 Å². The SMILES string of the molecule is CCNC(=NCc1cc(OC)c(OC)c(OC)c1)NCc1ccc(OCCO)c(OC)c1.I. The largest absolute Gasteiger partial charge is 0.493 e. The smallest absolute Gasteiger partial charge is 0.203 e. The molecule has 33 heavy (non-hydrogen) atoms. The fourth-order valence-corrected chi connectivity index (χ4v) is 3.02. The highest BCUT2D eigenvalue weighted by atomic mass is 127. The number of nitrogens with one attached hydrogen (secondary N) is 2. The van der Waals surface area contributed by atoms with E-state index in [0.717, 1.165) is 17.7 Å². The average molecular weight is 575 g/mol. The van der Waals surface area contributed by atoms with Gasteiger partial charge in [-0.2, -0.15) is 0 Å². The Hall–Kier alpha value is -2.60. The molecule has 0 atom stereocenters. The molecule has 0 heterocycles. The second-order valence-corrected chi connectivity index (χ2v) is 6.64. The Morgan fingerprint density at radius 1 is 0.848 bits per heavy atom. The van der Waals surface area contributed by atoms with Crippen LogP contribution >= 0.6 is 24.0 Å². The zero-order chi connectivity index (χ0) is 23.3. The van der Waals surface area contributed by atoms with E-state index in [1.807, 2.05) is 37.3 Å². The molecular formula is C23H34IN3O6. The molecule has 0 unspecified atom stereocenters. The molecule has 0 bridgehead atoms. The van der Waals surface area contributed by atoms with Crippen LogP contribution < -0.4 is 34.3 Å². The van der Waals surface area contributed by atoms with Crippen LogP contribution in [0.2, 0.25) is 0 Å². The lowest BCUT2D eigenvalue weighted by Gasteiger charge is -2.15. The first-order valence-corrected chi connectivity index (χ1v) is 10.3. The second-order valence-electron chi connectivity index (χ2n) is 6.64. The van der Waals surface area contributed by atoms with Gasteiger partial charge in [0.15, 0.2) is 29.0 Å². The zero-order valence-corrected chi connectivity index (χ0v) is 22.1. The molecule has 2 aromatic rings. The highest BCUT2D eigenvalue weighted by Crippen LogP contribution is 2.38. The lowest BCUT2D eigenvalue weighted by molar-refractivity contribution is 0.196. The number of halogens is 1. The van der Waals surface area contributed by atoms with Gasteiger partial charge in [0.2, 0.25) is 5.75 Å². The van der Waals surface area contributed by atoms with Crippen LogP contribution in [-0.2, 0) is 13.1 Å². The third kappa shape index (κ3) is 8.35. The van der Waals surface area contributed by atoms with Gasteiger partial charge in [-0.1, -0.05) is 6.07 Å². The number of guanidine groups is 1. The molecule has 0 aromatic heterocycles. The summed E-state index contributed by atoms with van der Waals surface area (Å²) in [5.41, 5.74) is 1.92. The van der Waals surface area contributed by atoms with Crippen molar-refractivity contribution >= 4 is 29.9 Å². The number of aliphatic imine (C=N–C) groups is 1. The highest BCUT2D eigenvalue weighted by molar-refractivity contribution is 14.0. The molecule has 0 spiro atoms. The molecule has 0 saturated heterocycles. The summed E-state index contributed by atoms with van der Waals surface area (Å²) < 4.78 is 27.1. The molecule has 2 rings (SSSR count). The maximum Gasteiger partial charge on any atom is 0.203 e. The first-order valence-electron chi connectivity index (χ1n) is 10.3. The van der Waals surface area contributed by atoms with E-state index in [1.165, 1.54) is 0 Å². The Morgan fingerprint density at radius 2 is 1.48 bits per heavy atom. The van der Waals surface area contributed by atoms with Crippen molar-refractivity contribution in [2.24, 2.45) is 4.99 Å². The highest BCUT2D eigenvalue weighted by Gasteiger charge is 2.13. The van der Waals surface area contributed by atoms with Crippen LogP contribution in [0.4, 0.5) is 0 Å². The quantitative estimate of drug-likeness (QED) is 0.202. The Kier molecular flexibility index (Phi) is 13.2. The molecule has 0 amide bonds. The van der Waals surface area contributed by atoms with Crippen LogP contribution in [0, 0.1) is 0 Å². The van der Waals surface area contributed by atoms with E-state index in [-0.39, 0.29) is 37.2 Å². The van der Waals surface area contributed by atoms with Crippen molar-refractivity contribution in [2.45, 2.75) is 20.0 Å². The third-order valence-electron chi connectivity index (χ3n) is 4.53. The van der Waals surface area contributed by atoms with E-state index < -0.39 is 0 Å². The first kappa shape index (κ1) is 28.4. The summed E-state index contributed by atoms with van der Waals surface area (Å²) in [4.78, 5) is 4.66. The summed E-state index contributed by atoms with van der Waals surface area (Å²) >= 11 is 0. The van der Waals surface area contributed by atoms with Crippen LogP contribution in [0.15, 0.2) is 35.3 Å². The number of benzene rings is 2. The number of methoxy groups -OCH3 is 4. The minimum Gasteiger partial charge on any atom is -0.493 e. The van der Waals surface area contributed by atoms with E-state index in [2.05, 4.69) is 15.6 Å². The van der Waals surface area contributed by atoms with Gasteiger partial charge < -0.3 is 39.4 Å². The molecule has 184 valence electrons. The van der Waals surface area contributed by atoms with Crippen LogP contribution in [-0.4, -0.2) is 59.3 Å². The first-order chi connectivity index (χ1) is 15.6. The molecule has 0 aliphatic rings. The zero-order valence-electron chi connectivity index (χ0n) is 19.8. The topological polar surface area (TPSA) is 103 Å². The molecule has 0 aliphatic carbocycles. The third-order valence-corrected chi connectivity index (χ3v) is 4.53. The summed E-state index contributed by atoms with van der Waals surface area (Å²) in [6.07, 6.45) is 0. The fourth-order valence-electron chi connectivity index (χ4n) is 3.02. The number of nitrogens with zero attached hydrogens (tertiary/aromatic N) is 1.